The Morgan fingerprint density at radius 1 is 1.15 bits per heavy atom. The molecule has 11 heteroatoms. The maximum absolute atomic E-state index is 13.0. The summed E-state index contributed by atoms with van der Waals surface area (Å²) in [5, 5.41) is 3.22. The number of hydrogen-bond acceptors (Lipinski definition) is 9. The molecule has 2 amide bonds. The van der Waals surface area contributed by atoms with Crippen molar-refractivity contribution in [2.75, 3.05) is 33.2 Å². The fraction of sp³-hybridized carbons (Fsp3) is 0.182. The summed E-state index contributed by atoms with van der Waals surface area (Å²) in [6, 6.07) is 11.1. The highest BCUT2D eigenvalue weighted by Crippen LogP contribution is 2.40. The molecular formula is C22H19N3O5S3. The third-order valence-corrected chi connectivity index (χ3v) is 7.03. The van der Waals surface area contributed by atoms with Crippen molar-refractivity contribution in [1.82, 2.24) is 9.88 Å². The molecule has 0 atom stereocenters. The van der Waals surface area contributed by atoms with Gasteiger partial charge in [-0.1, -0.05) is 47.4 Å². The lowest BCUT2D eigenvalue weighted by Gasteiger charge is -2.13. The number of aromatic nitrogens is 1. The van der Waals surface area contributed by atoms with E-state index in [2.05, 4.69) is 10.3 Å². The van der Waals surface area contributed by atoms with Crippen molar-refractivity contribution in [3.8, 4) is 17.2 Å². The second-order valence-corrected chi connectivity index (χ2v) is 9.47. The standard InChI is InChI=1S/C22H19N3O5S3/c1-28-14-8-12(9-15(29-2)19(14)30-3)10-17-20(27)25(22(31)33-17)11-18(26)24-21-23-13-6-4-5-7-16(13)32-21/h4-10H,11H2,1-3H3,(H,23,24,26)/b17-10-. The van der Waals surface area contributed by atoms with Crippen LogP contribution in [-0.4, -0.2) is 53.9 Å². The van der Waals surface area contributed by atoms with E-state index in [1.807, 2.05) is 24.3 Å². The summed E-state index contributed by atoms with van der Waals surface area (Å²) >= 11 is 7.84. The number of ether oxygens (including phenoxy) is 3. The van der Waals surface area contributed by atoms with Crippen LogP contribution in [0, 0.1) is 0 Å². The number of amides is 2. The molecule has 1 fully saturated rings. The predicted molar refractivity (Wildman–Crippen MR) is 134 cm³/mol. The average Bonchev–Trinajstić information content (AvgIpc) is 3.33. The zero-order valence-electron chi connectivity index (χ0n) is 17.9. The molecule has 0 radical (unpaired) electrons. The van der Waals surface area contributed by atoms with Crippen molar-refractivity contribution in [1.29, 1.82) is 0 Å². The summed E-state index contributed by atoms with van der Waals surface area (Å²) in [7, 11) is 4.56. The number of hydrogen-bond donors (Lipinski definition) is 1. The number of anilines is 1. The summed E-state index contributed by atoms with van der Waals surface area (Å²) < 4.78 is 17.3. The second kappa shape index (κ2) is 9.77. The molecule has 1 aliphatic rings. The summed E-state index contributed by atoms with van der Waals surface area (Å²) in [5.41, 5.74) is 1.47. The largest absolute Gasteiger partial charge is 0.493 e. The number of rotatable bonds is 7. The van der Waals surface area contributed by atoms with Crippen molar-refractivity contribution >= 4 is 72.9 Å². The Kier molecular flexibility index (Phi) is 6.82. The molecule has 170 valence electrons. The molecule has 1 aliphatic heterocycles. The number of thiazole rings is 1. The van der Waals surface area contributed by atoms with Gasteiger partial charge in [0.15, 0.2) is 16.6 Å². The number of nitrogens with one attached hydrogen (secondary N) is 1. The van der Waals surface area contributed by atoms with Gasteiger partial charge in [0.25, 0.3) is 5.91 Å². The maximum Gasteiger partial charge on any atom is 0.266 e. The summed E-state index contributed by atoms with van der Waals surface area (Å²) in [4.78, 5) is 31.6. The SMILES string of the molecule is COc1cc(/C=C2\SC(=S)N(CC(=O)Nc3nc4ccccc4s3)C2=O)cc(OC)c1OC. The van der Waals surface area contributed by atoms with Gasteiger partial charge in [0.2, 0.25) is 11.7 Å². The first kappa shape index (κ1) is 23.0. The van der Waals surface area contributed by atoms with Gasteiger partial charge >= 0.3 is 0 Å². The van der Waals surface area contributed by atoms with Crippen LogP contribution in [0.5, 0.6) is 17.2 Å². The van der Waals surface area contributed by atoms with Crippen molar-refractivity contribution in [2.45, 2.75) is 0 Å². The number of thiocarbonyl (C=S) groups is 1. The van der Waals surface area contributed by atoms with E-state index >= 15 is 0 Å². The molecule has 2 heterocycles. The topological polar surface area (TPSA) is 90.0 Å². The molecule has 0 unspecified atom stereocenters. The first-order chi connectivity index (χ1) is 15.9. The number of methoxy groups -OCH3 is 3. The van der Waals surface area contributed by atoms with Crippen LogP contribution in [0.3, 0.4) is 0 Å². The molecule has 0 saturated carbocycles. The number of benzene rings is 2. The van der Waals surface area contributed by atoms with E-state index in [1.54, 1.807) is 18.2 Å². The van der Waals surface area contributed by atoms with Crippen molar-refractivity contribution < 1.29 is 23.8 Å². The first-order valence-corrected chi connectivity index (χ1v) is 11.7. The molecule has 3 aromatic rings. The van der Waals surface area contributed by atoms with E-state index in [4.69, 9.17) is 26.4 Å². The third-order valence-electron chi connectivity index (χ3n) is 4.70. The Labute approximate surface area is 203 Å². The molecule has 1 aromatic heterocycles. The fourth-order valence-electron chi connectivity index (χ4n) is 3.20. The van der Waals surface area contributed by atoms with Gasteiger partial charge in [0.05, 0.1) is 36.5 Å². The molecule has 0 aliphatic carbocycles. The molecule has 0 spiro atoms. The number of carbonyl (C=O) groups excluding carboxylic acids is 2. The lowest BCUT2D eigenvalue weighted by molar-refractivity contribution is -0.126. The van der Waals surface area contributed by atoms with Crippen molar-refractivity contribution in [2.24, 2.45) is 0 Å². The highest BCUT2D eigenvalue weighted by Gasteiger charge is 2.33. The van der Waals surface area contributed by atoms with Crippen LogP contribution in [0.1, 0.15) is 5.56 Å². The highest BCUT2D eigenvalue weighted by molar-refractivity contribution is 8.26. The van der Waals surface area contributed by atoms with Gasteiger partial charge in [0.1, 0.15) is 10.9 Å². The third kappa shape index (κ3) is 4.80. The molecule has 0 bridgehead atoms. The molecule has 1 saturated heterocycles. The fourth-order valence-corrected chi connectivity index (χ4v) is 5.34. The lowest BCUT2D eigenvalue weighted by atomic mass is 10.1. The van der Waals surface area contributed by atoms with Crippen LogP contribution >= 0.6 is 35.3 Å². The van der Waals surface area contributed by atoms with Crippen LogP contribution in [0.15, 0.2) is 41.3 Å². The van der Waals surface area contributed by atoms with Crippen molar-refractivity contribution in [3.05, 3.63) is 46.9 Å². The number of fused-ring (bicyclic) bond motifs is 1. The molecule has 8 nitrogen and oxygen atoms in total. The minimum atomic E-state index is -0.376. The van der Waals surface area contributed by atoms with E-state index < -0.39 is 0 Å². The predicted octanol–water partition coefficient (Wildman–Crippen LogP) is 4.16. The van der Waals surface area contributed by atoms with Crippen LogP contribution in [0.4, 0.5) is 5.13 Å². The Bertz CT molecular complexity index is 1230. The molecule has 4 rings (SSSR count). The zero-order valence-corrected chi connectivity index (χ0v) is 20.4. The van der Waals surface area contributed by atoms with Gasteiger partial charge < -0.3 is 19.5 Å². The second-order valence-electron chi connectivity index (χ2n) is 6.76. The monoisotopic (exact) mass is 501 g/mol. The average molecular weight is 502 g/mol. The molecule has 2 aromatic carbocycles. The van der Waals surface area contributed by atoms with Gasteiger partial charge in [-0.15, -0.1) is 0 Å². The van der Waals surface area contributed by atoms with Gasteiger partial charge in [-0.2, -0.15) is 0 Å². The number of thioether (sulfide) groups is 1. The Morgan fingerprint density at radius 3 is 2.48 bits per heavy atom. The van der Waals surface area contributed by atoms with E-state index in [-0.39, 0.29) is 18.4 Å². The number of para-hydroxylation sites is 1. The Balaban J connectivity index is 1.50. The van der Waals surface area contributed by atoms with Gasteiger partial charge in [0, 0.05) is 0 Å². The summed E-state index contributed by atoms with van der Waals surface area (Å²) in [6.45, 7) is -0.201. The maximum atomic E-state index is 13.0. The van der Waals surface area contributed by atoms with E-state index in [0.29, 0.717) is 37.2 Å². The normalized spacial score (nSPS) is 14.8. The van der Waals surface area contributed by atoms with Crippen LogP contribution in [0.2, 0.25) is 0 Å². The zero-order chi connectivity index (χ0) is 23.5. The van der Waals surface area contributed by atoms with Crippen LogP contribution in [0.25, 0.3) is 16.3 Å². The van der Waals surface area contributed by atoms with Gasteiger partial charge in [-0.3, -0.25) is 14.5 Å². The lowest BCUT2D eigenvalue weighted by Crippen LogP contribution is -2.36. The van der Waals surface area contributed by atoms with E-state index in [1.165, 1.54) is 37.6 Å². The van der Waals surface area contributed by atoms with Crippen molar-refractivity contribution in [3.63, 3.8) is 0 Å². The number of carbonyl (C=O) groups is 2. The number of nitrogens with zero attached hydrogens (tertiary/aromatic N) is 2. The smallest absolute Gasteiger partial charge is 0.266 e. The minimum Gasteiger partial charge on any atom is -0.493 e. The minimum absolute atomic E-state index is 0.201. The molecule has 1 N–H and O–H groups in total. The van der Waals surface area contributed by atoms with E-state index in [0.717, 1.165) is 22.0 Å². The van der Waals surface area contributed by atoms with Gasteiger partial charge in [-0.05, 0) is 35.9 Å². The summed E-state index contributed by atoms with van der Waals surface area (Å²) in [6.07, 6.45) is 1.68. The molecular weight excluding hydrogens is 482 g/mol. The first-order valence-electron chi connectivity index (χ1n) is 9.64. The van der Waals surface area contributed by atoms with Gasteiger partial charge in [-0.25, -0.2) is 4.98 Å². The molecule has 33 heavy (non-hydrogen) atoms. The van der Waals surface area contributed by atoms with Crippen LogP contribution in [-0.2, 0) is 9.59 Å². The highest BCUT2D eigenvalue weighted by atomic mass is 32.2. The van der Waals surface area contributed by atoms with Crippen LogP contribution < -0.4 is 19.5 Å². The summed E-state index contributed by atoms with van der Waals surface area (Å²) in [5.74, 6) is 0.663. The quantitative estimate of drug-likeness (QED) is 0.381. The Morgan fingerprint density at radius 2 is 1.85 bits per heavy atom. The Hall–Kier alpha value is -3.15. The van der Waals surface area contributed by atoms with E-state index in [9.17, 15) is 9.59 Å².